The number of hydrazone groups is 1. The fourth-order valence-electron chi connectivity index (χ4n) is 4.51. The molecule has 0 bridgehead atoms. The number of benzene rings is 4. The molecule has 0 saturated carbocycles. The highest BCUT2D eigenvalue weighted by atomic mass is 79.9. The van der Waals surface area contributed by atoms with Crippen LogP contribution in [0.5, 0.6) is 0 Å². The first-order valence-electron chi connectivity index (χ1n) is 11.5. The summed E-state index contributed by atoms with van der Waals surface area (Å²) in [5.41, 5.74) is 4.97. The molecule has 2 heterocycles. The summed E-state index contributed by atoms with van der Waals surface area (Å²) in [7, 11) is 0. The van der Waals surface area contributed by atoms with Gasteiger partial charge in [-0.1, -0.05) is 92.5 Å². The van der Waals surface area contributed by atoms with Gasteiger partial charge >= 0.3 is 0 Å². The number of halogens is 3. The Morgan fingerprint density at radius 3 is 2.25 bits per heavy atom. The van der Waals surface area contributed by atoms with Gasteiger partial charge in [-0.3, -0.25) is 0 Å². The van der Waals surface area contributed by atoms with Gasteiger partial charge in [-0.25, -0.2) is 19.4 Å². The molecule has 0 N–H and O–H groups in total. The Morgan fingerprint density at radius 2 is 1.47 bits per heavy atom. The molecule has 0 spiro atoms. The molecule has 6 rings (SSSR count). The van der Waals surface area contributed by atoms with Crippen LogP contribution < -0.4 is 5.01 Å². The fourth-order valence-corrected chi connectivity index (χ4v) is 5.13. The van der Waals surface area contributed by atoms with Gasteiger partial charge in [0.2, 0.25) is 5.95 Å². The van der Waals surface area contributed by atoms with Gasteiger partial charge in [-0.05, 0) is 42.0 Å². The van der Waals surface area contributed by atoms with Gasteiger partial charge in [-0.15, -0.1) is 0 Å². The van der Waals surface area contributed by atoms with Gasteiger partial charge in [-0.2, -0.15) is 5.10 Å². The van der Waals surface area contributed by atoms with E-state index in [1.807, 2.05) is 84.9 Å². The zero-order chi connectivity index (χ0) is 24.6. The standard InChI is InChI=1S/C29H19Br2FN4/c30-20-12-10-18(11-13-20)26-17-27(22-8-4-5-9-24(22)32)36(35-26)29-33-25-15-14-21(31)16-23(25)28(34-29)19-6-2-1-3-7-19/h1-16,27H,17H2. The average Bonchev–Trinajstić information content (AvgIpc) is 3.34. The topological polar surface area (TPSA) is 41.4 Å². The van der Waals surface area contributed by atoms with Crippen LogP contribution in [0.1, 0.15) is 23.6 Å². The van der Waals surface area contributed by atoms with Crippen LogP contribution in [-0.2, 0) is 0 Å². The lowest BCUT2D eigenvalue weighted by Gasteiger charge is -2.23. The predicted octanol–water partition coefficient (Wildman–Crippen LogP) is 8.32. The summed E-state index contributed by atoms with van der Waals surface area (Å²) in [4.78, 5) is 9.89. The van der Waals surface area contributed by atoms with Crippen molar-refractivity contribution in [2.45, 2.75) is 12.5 Å². The summed E-state index contributed by atoms with van der Waals surface area (Å²) in [6, 6.07) is 30.4. The third-order valence-electron chi connectivity index (χ3n) is 6.25. The van der Waals surface area contributed by atoms with Crippen molar-refractivity contribution < 1.29 is 4.39 Å². The Balaban J connectivity index is 1.55. The minimum absolute atomic E-state index is 0.271. The third-order valence-corrected chi connectivity index (χ3v) is 7.27. The number of hydrogen-bond donors (Lipinski definition) is 0. The molecule has 0 saturated heterocycles. The lowest BCUT2D eigenvalue weighted by Crippen LogP contribution is -2.22. The lowest BCUT2D eigenvalue weighted by atomic mass is 9.98. The Labute approximate surface area is 224 Å². The molecule has 0 fully saturated rings. The van der Waals surface area contributed by atoms with E-state index >= 15 is 4.39 Å². The van der Waals surface area contributed by atoms with Crippen LogP contribution in [0.4, 0.5) is 10.3 Å². The van der Waals surface area contributed by atoms with Gasteiger partial charge in [0.1, 0.15) is 5.82 Å². The van der Waals surface area contributed by atoms with Crippen molar-refractivity contribution in [3.63, 3.8) is 0 Å². The summed E-state index contributed by atoms with van der Waals surface area (Å²) in [6.07, 6.45) is 0.533. The highest BCUT2D eigenvalue weighted by Crippen LogP contribution is 2.38. The fraction of sp³-hybridized carbons (Fsp3) is 0.0690. The maximum absolute atomic E-state index is 15.0. The highest BCUT2D eigenvalue weighted by molar-refractivity contribution is 9.10. The van der Waals surface area contributed by atoms with Crippen LogP contribution in [0.2, 0.25) is 0 Å². The second kappa shape index (κ2) is 9.56. The van der Waals surface area contributed by atoms with Gasteiger partial charge in [0.25, 0.3) is 0 Å². The number of rotatable bonds is 4. The Bertz CT molecular complexity index is 1600. The molecule has 1 aromatic heterocycles. The molecule has 5 aromatic rings. The SMILES string of the molecule is Fc1ccccc1C1CC(c2ccc(Br)cc2)=NN1c1nc(-c2ccccc2)c2cc(Br)ccc2n1. The number of nitrogens with zero attached hydrogens (tertiary/aromatic N) is 4. The van der Waals surface area contributed by atoms with Crippen molar-refractivity contribution in [1.29, 1.82) is 0 Å². The van der Waals surface area contributed by atoms with Gasteiger partial charge in [0, 0.05) is 31.9 Å². The quantitative estimate of drug-likeness (QED) is 0.208. The van der Waals surface area contributed by atoms with Crippen molar-refractivity contribution in [3.05, 3.63) is 123 Å². The van der Waals surface area contributed by atoms with Crippen LogP contribution in [-0.4, -0.2) is 15.7 Å². The van der Waals surface area contributed by atoms with E-state index in [1.165, 1.54) is 6.07 Å². The summed E-state index contributed by atoms with van der Waals surface area (Å²) in [6.45, 7) is 0. The summed E-state index contributed by atoms with van der Waals surface area (Å²) in [5.74, 6) is 0.164. The smallest absolute Gasteiger partial charge is 0.223 e. The van der Waals surface area contributed by atoms with Gasteiger partial charge in [0.15, 0.2) is 0 Å². The molecule has 1 aliphatic rings. The number of fused-ring (bicyclic) bond motifs is 1. The van der Waals surface area contributed by atoms with Crippen molar-refractivity contribution in [2.75, 3.05) is 5.01 Å². The largest absolute Gasteiger partial charge is 0.247 e. The molecule has 176 valence electrons. The van der Waals surface area contributed by atoms with Gasteiger partial charge in [0.05, 0.1) is 23.0 Å². The molecule has 1 unspecified atom stereocenters. The molecule has 1 atom stereocenters. The molecule has 0 radical (unpaired) electrons. The van der Waals surface area contributed by atoms with Crippen molar-refractivity contribution >= 4 is 54.4 Å². The van der Waals surface area contributed by atoms with Crippen LogP contribution in [0.3, 0.4) is 0 Å². The molecular weight excluding hydrogens is 583 g/mol. The predicted molar refractivity (Wildman–Crippen MR) is 150 cm³/mol. The minimum Gasteiger partial charge on any atom is -0.223 e. The van der Waals surface area contributed by atoms with Crippen LogP contribution in [0.15, 0.2) is 111 Å². The van der Waals surface area contributed by atoms with E-state index in [4.69, 9.17) is 15.1 Å². The molecule has 1 aliphatic heterocycles. The summed E-state index contributed by atoms with van der Waals surface area (Å²) < 4.78 is 17.0. The highest BCUT2D eigenvalue weighted by Gasteiger charge is 2.33. The normalized spacial score (nSPS) is 15.4. The van der Waals surface area contributed by atoms with E-state index in [1.54, 1.807) is 11.1 Å². The third kappa shape index (κ3) is 4.33. The first-order valence-corrected chi connectivity index (χ1v) is 13.1. The monoisotopic (exact) mass is 600 g/mol. The van der Waals surface area contributed by atoms with Crippen molar-refractivity contribution in [2.24, 2.45) is 5.10 Å². The van der Waals surface area contributed by atoms with Gasteiger partial charge < -0.3 is 0 Å². The molecule has 0 amide bonds. The zero-order valence-electron chi connectivity index (χ0n) is 18.9. The summed E-state index contributed by atoms with van der Waals surface area (Å²) >= 11 is 7.07. The van der Waals surface area contributed by atoms with Crippen molar-refractivity contribution in [3.8, 4) is 11.3 Å². The lowest BCUT2D eigenvalue weighted by molar-refractivity contribution is 0.576. The molecular formula is C29H19Br2FN4. The van der Waals surface area contributed by atoms with E-state index in [-0.39, 0.29) is 11.9 Å². The maximum atomic E-state index is 15.0. The first-order chi connectivity index (χ1) is 17.6. The van der Waals surface area contributed by atoms with Crippen LogP contribution in [0, 0.1) is 5.82 Å². The summed E-state index contributed by atoms with van der Waals surface area (Å²) in [5, 5.41) is 7.65. The Hall–Kier alpha value is -3.42. The van der Waals surface area contributed by atoms with E-state index in [9.17, 15) is 0 Å². The Morgan fingerprint density at radius 1 is 0.750 bits per heavy atom. The minimum atomic E-state index is -0.374. The molecule has 4 aromatic carbocycles. The number of hydrogen-bond acceptors (Lipinski definition) is 4. The number of anilines is 1. The zero-order valence-corrected chi connectivity index (χ0v) is 22.1. The van der Waals surface area contributed by atoms with Crippen molar-refractivity contribution in [1.82, 2.24) is 9.97 Å². The molecule has 36 heavy (non-hydrogen) atoms. The molecule has 7 heteroatoms. The molecule has 4 nitrogen and oxygen atoms in total. The van der Waals surface area contributed by atoms with Crippen LogP contribution in [0.25, 0.3) is 22.2 Å². The second-order valence-electron chi connectivity index (χ2n) is 8.54. The number of aromatic nitrogens is 2. The van der Waals surface area contributed by atoms with E-state index in [0.29, 0.717) is 17.9 Å². The van der Waals surface area contributed by atoms with E-state index in [0.717, 1.165) is 42.4 Å². The second-order valence-corrected chi connectivity index (χ2v) is 10.4. The Kier molecular flexibility index (Phi) is 6.11. The average molecular weight is 602 g/mol. The maximum Gasteiger partial charge on any atom is 0.247 e. The van der Waals surface area contributed by atoms with E-state index < -0.39 is 0 Å². The molecule has 0 aliphatic carbocycles. The first kappa shape index (κ1) is 23.0. The van der Waals surface area contributed by atoms with E-state index in [2.05, 4.69) is 31.9 Å². The van der Waals surface area contributed by atoms with Crippen LogP contribution >= 0.6 is 31.9 Å².